The maximum absolute atomic E-state index is 13.5. The molecule has 2 amide bonds. The SMILES string of the molecule is Cc1ccc(NC(=O)c2c(NC(=O)c3cccnc3)sc3c2CCC(C(C)(C)C)C3)cc1C. The van der Waals surface area contributed by atoms with Gasteiger partial charge in [-0.2, -0.15) is 0 Å². The van der Waals surface area contributed by atoms with Crippen LogP contribution in [0.4, 0.5) is 10.7 Å². The van der Waals surface area contributed by atoms with Crippen molar-refractivity contribution in [3.05, 3.63) is 75.4 Å². The van der Waals surface area contributed by atoms with Crippen LogP contribution in [0.15, 0.2) is 42.7 Å². The molecule has 2 N–H and O–H groups in total. The minimum absolute atomic E-state index is 0.175. The Morgan fingerprint density at radius 1 is 1.06 bits per heavy atom. The lowest BCUT2D eigenvalue weighted by molar-refractivity contribution is 0.102. The van der Waals surface area contributed by atoms with Gasteiger partial charge in [0.25, 0.3) is 11.8 Å². The van der Waals surface area contributed by atoms with Crippen molar-refractivity contribution in [2.45, 2.75) is 53.9 Å². The summed E-state index contributed by atoms with van der Waals surface area (Å²) >= 11 is 1.54. The van der Waals surface area contributed by atoms with E-state index in [-0.39, 0.29) is 17.2 Å². The van der Waals surface area contributed by atoms with E-state index >= 15 is 0 Å². The fourth-order valence-electron chi connectivity index (χ4n) is 4.34. The molecular weight excluding hydrogens is 430 g/mol. The Hall–Kier alpha value is -2.99. The van der Waals surface area contributed by atoms with Crippen molar-refractivity contribution in [1.82, 2.24) is 4.98 Å². The minimum atomic E-state index is -0.255. The number of rotatable bonds is 4. The van der Waals surface area contributed by atoms with E-state index in [2.05, 4.69) is 36.4 Å². The minimum Gasteiger partial charge on any atom is -0.322 e. The quantitative estimate of drug-likeness (QED) is 0.471. The number of carbonyl (C=O) groups is 2. The first-order valence-electron chi connectivity index (χ1n) is 11.4. The van der Waals surface area contributed by atoms with Crippen molar-refractivity contribution in [3.63, 3.8) is 0 Å². The van der Waals surface area contributed by atoms with E-state index in [1.54, 1.807) is 18.3 Å². The number of anilines is 2. The molecule has 6 heteroatoms. The number of hydrogen-bond donors (Lipinski definition) is 2. The summed E-state index contributed by atoms with van der Waals surface area (Å²) in [5, 5.41) is 6.68. The van der Waals surface area contributed by atoms with E-state index in [0.29, 0.717) is 22.0 Å². The van der Waals surface area contributed by atoms with Crippen molar-refractivity contribution in [1.29, 1.82) is 0 Å². The van der Waals surface area contributed by atoms with Crippen LogP contribution in [0.2, 0.25) is 0 Å². The number of aromatic nitrogens is 1. The number of hydrogen-bond acceptors (Lipinski definition) is 4. The molecule has 1 aliphatic rings. The molecule has 172 valence electrons. The average molecular weight is 462 g/mol. The van der Waals surface area contributed by atoms with Crippen molar-refractivity contribution in [3.8, 4) is 0 Å². The standard InChI is InChI=1S/C27H31N3O2S/c1-16-8-10-20(13-17(16)2)29-25(32)23-21-11-9-19(27(3,4)5)14-22(21)33-26(23)30-24(31)18-7-6-12-28-15-18/h6-8,10,12-13,15,19H,9,11,14H2,1-5H3,(H,29,32)(H,30,31). The summed E-state index contributed by atoms with van der Waals surface area (Å²) in [6, 6.07) is 9.36. The van der Waals surface area contributed by atoms with Crippen molar-refractivity contribution in [2.75, 3.05) is 10.6 Å². The summed E-state index contributed by atoms with van der Waals surface area (Å²) in [5.74, 6) is 0.113. The second kappa shape index (κ2) is 9.10. The van der Waals surface area contributed by atoms with Crippen LogP contribution in [0.1, 0.15) is 69.5 Å². The predicted octanol–water partition coefficient (Wildman–Crippen LogP) is 6.42. The molecule has 1 aliphatic carbocycles. The summed E-state index contributed by atoms with van der Waals surface area (Å²) in [6.45, 7) is 10.9. The molecule has 2 heterocycles. The summed E-state index contributed by atoms with van der Waals surface area (Å²) in [7, 11) is 0. The van der Waals surface area contributed by atoms with E-state index in [1.807, 2.05) is 32.0 Å². The fourth-order valence-corrected chi connectivity index (χ4v) is 5.66. The number of aryl methyl sites for hydroxylation is 2. The van der Waals surface area contributed by atoms with Crippen LogP contribution < -0.4 is 10.6 Å². The lowest BCUT2D eigenvalue weighted by Crippen LogP contribution is -2.27. The van der Waals surface area contributed by atoms with Crippen LogP contribution in [-0.4, -0.2) is 16.8 Å². The maximum Gasteiger partial charge on any atom is 0.258 e. The zero-order chi connectivity index (χ0) is 23.8. The molecule has 0 saturated heterocycles. The Kier molecular flexibility index (Phi) is 6.39. The van der Waals surface area contributed by atoms with Gasteiger partial charge in [-0.05, 0) is 85.4 Å². The summed E-state index contributed by atoms with van der Waals surface area (Å²) in [4.78, 5) is 31.6. The molecule has 2 aromatic heterocycles. The number of nitrogens with one attached hydrogen (secondary N) is 2. The molecule has 0 bridgehead atoms. The highest BCUT2D eigenvalue weighted by atomic mass is 32.1. The molecule has 0 saturated carbocycles. The Morgan fingerprint density at radius 3 is 2.52 bits per heavy atom. The number of thiophene rings is 1. The zero-order valence-electron chi connectivity index (χ0n) is 19.9. The molecule has 1 aromatic carbocycles. The highest BCUT2D eigenvalue weighted by Gasteiger charge is 2.34. The van der Waals surface area contributed by atoms with E-state index in [1.165, 1.54) is 28.0 Å². The van der Waals surface area contributed by atoms with Gasteiger partial charge in [-0.15, -0.1) is 11.3 Å². The molecule has 0 fully saturated rings. The van der Waals surface area contributed by atoms with Crippen molar-refractivity contribution >= 4 is 33.8 Å². The van der Waals surface area contributed by atoms with Gasteiger partial charge in [0.05, 0.1) is 11.1 Å². The number of benzene rings is 1. The summed E-state index contributed by atoms with van der Waals surface area (Å²) < 4.78 is 0. The third kappa shape index (κ3) is 5.01. The van der Waals surface area contributed by atoms with Gasteiger partial charge in [-0.1, -0.05) is 26.8 Å². The molecule has 1 atom stereocenters. The lowest BCUT2D eigenvalue weighted by atomic mass is 9.72. The number of pyridine rings is 1. The largest absolute Gasteiger partial charge is 0.322 e. The summed E-state index contributed by atoms with van der Waals surface area (Å²) in [5.41, 5.74) is 5.40. The van der Waals surface area contributed by atoms with Gasteiger partial charge in [-0.25, -0.2) is 0 Å². The molecule has 0 radical (unpaired) electrons. The lowest BCUT2D eigenvalue weighted by Gasteiger charge is -2.33. The monoisotopic (exact) mass is 461 g/mol. The Morgan fingerprint density at radius 2 is 1.85 bits per heavy atom. The van der Waals surface area contributed by atoms with Gasteiger partial charge >= 0.3 is 0 Å². The van der Waals surface area contributed by atoms with Crippen LogP contribution >= 0.6 is 11.3 Å². The Bertz CT molecular complexity index is 1190. The van der Waals surface area contributed by atoms with Crippen molar-refractivity contribution < 1.29 is 9.59 Å². The van der Waals surface area contributed by atoms with Gasteiger partial charge in [0.15, 0.2) is 0 Å². The van der Waals surface area contributed by atoms with Gasteiger partial charge < -0.3 is 10.6 Å². The second-order valence-electron chi connectivity index (χ2n) is 9.96. The third-order valence-corrected chi connectivity index (χ3v) is 7.80. The topological polar surface area (TPSA) is 71.1 Å². The second-order valence-corrected chi connectivity index (χ2v) is 11.1. The third-order valence-electron chi connectivity index (χ3n) is 6.63. The highest BCUT2D eigenvalue weighted by molar-refractivity contribution is 7.17. The first-order valence-corrected chi connectivity index (χ1v) is 12.2. The predicted molar refractivity (Wildman–Crippen MR) is 135 cm³/mol. The van der Waals surface area contributed by atoms with Crippen LogP contribution in [0, 0.1) is 25.2 Å². The number of nitrogens with zero attached hydrogens (tertiary/aromatic N) is 1. The zero-order valence-corrected chi connectivity index (χ0v) is 20.7. The van der Waals surface area contributed by atoms with Gasteiger partial charge in [0, 0.05) is 23.0 Å². The number of amides is 2. The summed E-state index contributed by atoms with van der Waals surface area (Å²) in [6.07, 6.45) is 5.97. The van der Waals surface area contributed by atoms with Crippen LogP contribution in [-0.2, 0) is 12.8 Å². The molecule has 33 heavy (non-hydrogen) atoms. The molecule has 3 aromatic rings. The molecule has 5 nitrogen and oxygen atoms in total. The van der Waals surface area contributed by atoms with E-state index in [9.17, 15) is 9.59 Å². The Labute approximate surface area is 199 Å². The molecule has 1 unspecified atom stereocenters. The molecular formula is C27H31N3O2S. The van der Waals surface area contributed by atoms with E-state index in [0.717, 1.165) is 36.1 Å². The van der Waals surface area contributed by atoms with E-state index < -0.39 is 0 Å². The normalized spacial score (nSPS) is 15.6. The first-order chi connectivity index (χ1) is 15.6. The van der Waals surface area contributed by atoms with Gasteiger partial charge in [0.2, 0.25) is 0 Å². The van der Waals surface area contributed by atoms with Gasteiger partial charge in [-0.3, -0.25) is 14.6 Å². The first kappa shape index (κ1) is 23.2. The van der Waals surface area contributed by atoms with Crippen molar-refractivity contribution in [2.24, 2.45) is 11.3 Å². The highest BCUT2D eigenvalue weighted by Crippen LogP contribution is 2.44. The van der Waals surface area contributed by atoms with Gasteiger partial charge in [0.1, 0.15) is 5.00 Å². The number of carbonyl (C=O) groups excluding carboxylic acids is 2. The molecule has 0 aliphatic heterocycles. The Balaban J connectivity index is 1.69. The molecule has 0 spiro atoms. The smallest absolute Gasteiger partial charge is 0.258 e. The van der Waals surface area contributed by atoms with Crippen LogP contribution in [0.5, 0.6) is 0 Å². The average Bonchev–Trinajstić information content (AvgIpc) is 3.13. The number of fused-ring (bicyclic) bond motifs is 1. The van der Waals surface area contributed by atoms with E-state index in [4.69, 9.17) is 0 Å². The van der Waals surface area contributed by atoms with Crippen LogP contribution in [0.25, 0.3) is 0 Å². The molecule has 4 rings (SSSR count). The van der Waals surface area contributed by atoms with Crippen LogP contribution in [0.3, 0.4) is 0 Å². The maximum atomic E-state index is 13.5. The fraction of sp³-hybridized carbons (Fsp3) is 0.370.